The Morgan fingerprint density at radius 3 is 1.57 bits per heavy atom. The van der Waals surface area contributed by atoms with Crippen LogP contribution < -0.4 is 5.32 Å². The number of ether oxygens (including phenoxy) is 1. The standard InChI is InChI=1S/C32H63NO4/c1-3-5-7-9-11-13-14-16-18-20-22-26-32(36)37-30(29-31(35)33-27-23-24-28-34)25-21-19-17-15-12-10-8-6-4-2/h30,34H,3-29H2,1-2H3,(H,33,35). The molecule has 0 spiro atoms. The van der Waals surface area contributed by atoms with Crippen LogP contribution in [0.25, 0.3) is 0 Å². The maximum absolute atomic E-state index is 12.5. The van der Waals surface area contributed by atoms with E-state index in [1.54, 1.807) is 0 Å². The first-order chi connectivity index (χ1) is 18.1. The van der Waals surface area contributed by atoms with E-state index in [0.717, 1.165) is 38.5 Å². The highest BCUT2D eigenvalue weighted by atomic mass is 16.5. The molecule has 0 aromatic rings. The van der Waals surface area contributed by atoms with Gasteiger partial charge in [0.25, 0.3) is 0 Å². The van der Waals surface area contributed by atoms with Crippen LogP contribution in [0.5, 0.6) is 0 Å². The van der Waals surface area contributed by atoms with Crippen molar-refractivity contribution in [2.24, 2.45) is 0 Å². The lowest BCUT2D eigenvalue weighted by molar-refractivity contribution is -0.151. The number of hydrogen-bond donors (Lipinski definition) is 2. The number of unbranched alkanes of at least 4 members (excludes halogenated alkanes) is 19. The molecule has 0 aromatic carbocycles. The summed E-state index contributed by atoms with van der Waals surface area (Å²) in [6, 6.07) is 0. The largest absolute Gasteiger partial charge is 0.462 e. The first-order valence-electron chi connectivity index (χ1n) is 16.2. The van der Waals surface area contributed by atoms with Gasteiger partial charge in [-0.2, -0.15) is 0 Å². The Labute approximate surface area is 230 Å². The van der Waals surface area contributed by atoms with Gasteiger partial charge in [-0.1, -0.05) is 129 Å². The van der Waals surface area contributed by atoms with Crippen molar-refractivity contribution in [3.05, 3.63) is 0 Å². The summed E-state index contributed by atoms with van der Waals surface area (Å²) in [5.41, 5.74) is 0. The second-order valence-corrected chi connectivity index (χ2v) is 11.0. The summed E-state index contributed by atoms with van der Waals surface area (Å²) in [6.07, 6.45) is 27.8. The molecular weight excluding hydrogens is 462 g/mol. The molecule has 1 unspecified atom stereocenters. The van der Waals surface area contributed by atoms with Crippen LogP contribution in [0.2, 0.25) is 0 Å². The van der Waals surface area contributed by atoms with E-state index in [1.165, 1.54) is 103 Å². The summed E-state index contributed by atoms with van der Waals surface area (Å²) >= 11 is 0. The maximum Gasteiger partial charge on any atom is 0.306 e. The van der Waals surface area contributed by atoms with Gasteiger partial charge in [-0.15, -0.1) is 0 Å². The molecule has 37 heavy (non-hydrogen) atoms. The van der Waals surface area contributed by atoms with Gasteiger partial charge in [-0.05, 0) is 32.1 Å². The van der Waals surface area contributed by atoms with E-state index in [1.807, 2.05) is 0 Å². The highest BCUT2D eigenvalue weighted by Gasteiger charge is 2.18. The van der Waals surface area contributed by atoms with Crippen LogP contribution in [0.3, 0.4) is 0 Å². The third-order valence-corrected chi connectivity index (χ3v) is 7.23. The van der Waals surface area contributed by atoms with Gasteiger partial charge in [-0.3, -0.25) is 9.59 Å². The van der Waals surface area contributed by atoms with Gasteiger partial charge in [0, 0.05) is 19.6 Å². The Morgan fingerprint density at radius 2 is 1.08 bits per heavy atom. The van der Waals surface area contributed by atoms with E-state index >= 15 is 0 Å². The number of carbonyl (C=O) groups excluding carboxylic acids is 2. The van der Waals surface area contributed by atoms with Crippen molar-refractivity contribution in [3.8, 4) is 0 Å². The maximum atomic E-state index is 12.5. The SMILES string of the molecule is CCCCCCCCCCCCCC(=O)OC(CCCCCCCCCCC)CC(=O)NCCCCO. The third-order valence-electron chi connectivity index (χ3n) is 7.23. The van der Waals surface area contributed by atoms with Gasteiger partial charge < -0.3 is 15.2 Å². The summed E-state index contributed by atoms with van der Waals surface area (Å²) in [5.74, 6) is -0.203. The van der Waals surface area contributed by atoms with Gasteiger partial charge in [0.05, 0.1) is 6.42 Å². The minimum absolute atomic E-state index is 0.0543. The Hall–Kier alpha value is -1.10. The van der Waals surface area contributed by atoms with E-state index in [9.17, 15) is 9.59 Å². The van der Waals surface area contributed by atoms with Crippen LogP contribution >= 0.6 is 0 Å². The molecule has 0 aromatic heterocycles. The predicted octanol–water partition coefficient (Wildman–Crippen LogP) is 8.80. The van der Waals surface area contributed by atoms with E-state index < -0.39 is 0 Å². The molecule has 0 bridgehead atoms. The smallest absolute Gasteiger partial charge is 0.306 e. The van der Waals surface area contributed by atoms with Gasteiger partial charge in [0.2, 0.25) is 5.91 Å². The molecule has 0 aliphatic rings. The zero-order valence-corrected chi connectivity index (χ0v) is 24.8. The number of aliphatic hydroxyl groups excluding tert-OH is 1. The molecule has 0 aliphatic carbocycles. The molecule has 0 saturated carbocycles. The summed E-state index contributed by atoms with van der Waals surface area (Å²) < 4.78 is 5.77. The van der Waals surface area contributed by atoms with Crippen LogP contribution in [-0.2, 0) is 14.3 Å². The fourth-order valence-corrected chi connectivity index (χ4v) is 4.81. The van der Waals surface area contributed by atoms with E-state index in [-0.39, 0.29) is 31.0 Å². The van der Waals surface area contributed by atoms with Crippen molar-refractivity contribution in [2.75, 3.05) is 13.2 Å². The molecule has 1 amide bonds. The Morgan fingerprint density at radius 1 is 0.622 bits per heavy atom. The number of aliphatic hydroxyl groups is 1. The molecular formula is C32H63NO4. The summed E-state index contributed by atoms with van der Waals surface area (Å²) in [7, 11) is 0. The molecule has 0 heterocycles. The molecule has 1 atom stereocenters. The average molecular weight is 526 g/mol. The molecule has 0 rings (SSSR count). The van der Waals surface area contributed by atoms with Crippen LogP contribution in [0.4, 0.5) is 0 Å². The summed E-state index contributed by atoms with van der Waals surface area (Å²) in [6.45, 7) is 5.22. The number of rotatable bonds is 29. The van der Waals surface area contributed by atoms with Crippen molar-refractivity contribution >= 4 is 11.9 Å². The third kappa shape index (κ3) is 27.7. The molecule has 0 fully saturated rings. The van der Waals surface area contributed by atoms with Crippen molar-refractivity contribution in [2.45, 2.75) is 180 Å². The van der Waals surface area contributed by atoms with Gasteiger partial charge in [-0.25, -0.2) is 0 Å². The first-order valence-corrected chi connectivity index (χ1v) is 16.2. The average Bonchev–Trinajstić information content (AvgIpc) is 2.88. The molecule has 5 heteroatoms. The molecule has 0 aliphatic heterocycles. The van der Waals surface area contributed by atoms with E-state index in [2.05, 4.69) is 19.2 Å². The minimum Gasteiger partial charge on any atom is -0.462 e. The topological polar surface area (TPSA) is 75.6 Å². The minimum atomic E-state index is -0.317. The van der Waals surface area contributed by atoms with Crippen LogP contribution in [0.15, 0.2) is 0 Å². The van der Waals surface area contributed by atoms with Crippen molar-refractivity contribution in [1.82, 2.24) is 5.32 Å². The Kier molecular flexibility index (Phi) is 28.6. The quantitative estimate of drug-likeness (QED) is 0.0755. The van der Waals surface area contributed by atoms with Crippen molar-refractivity contribution < 1.29 is 19.4 Å². The summed E-state index contributed by atoms with van der Waals surface area (Å²) in [5, 5.41) is 11.8. The molecule has 0 saturated heterocycles. The number of carbonyl (C=O) groups is 2. The second kappa shape index (κ2) is 29.5. The lowest BCUT2D eigenvalue weighted by atomic mass is 10.0. The molecule has 2 N–H and O–H groups in total. The highest BCUT2D eigenvalue weighted by molar-refractivity contribution is 5.77. The van der Waals surface area contributed by atoms with Crippen molar-refractivity contribution in [1.29, 1.82) is 0 Å². The van der Waals surface area contributed by atoms with Crippen molar-refractivity contribution in [3.63, 3.8) is 0 Å². The lowest BCUT2D eigenvalue weighted by Crippen LogP contribution is -2.30. The lowest BCUT2D eigenvalue weighted by Gasteiger charge is -2.18. The first kappa shape index (κ1) is 35.9. The fraction of sp³-hybridized carbons (Fsp3) is 0.938. The zero-order chi connectivity index (χ0) is 27.2. The van der Waals surface area contributed by atoms with E-state index in [0.29, 0.717) is 19.4 Å². The van der Waals surface area contributed by atoms with Crippen LogP contribution in [-0.4, -0.2) is 36.2 Å². The molecule has 0 radical (unpaired) electrons. The predicted molar refractivity (Wildman–Crippen MR) is 157 cm³/mol. The van der Waals surface area contributed by atoms with Gasteiger partial charge in [0.1, 0.15) is 6.10 Å². The normalized spacial score (nSPS) is 12.0. The van der Waals surface area contributed by atoms with Gasteiger partial charge in [0.15, 0.2) is 0 Å². The highest BCUT2D eigenvalue weighted by Crippen LogP contribution is 2.16. The Balaban J connectivity index is 4.10. The fourth-order valence-electron chi connectivity index (χ4n) is 4.81. The monoisotopic (exact) mass is 525 g/mol. The van der Waals surface area contributed by atoms with Crippen LogP contribution in [0, 0.1) is 0 Å². The van der Waals surface area contributed by atoms with Gasteiger partial charge >= 0.3 is 5.97 Å². The van der Waals surface area contributed by atoms with E-state index in [4.69, 9.17) is 9.84 Å². The summed E-state index contributed by atoms with van der Waals surface area (Å²) in [4.78, 5) is 24.8. The number of esters is 1. The second-order valence-electron chi connectivity index (χ2n) is 11.0. The number of nitrogens with one attached hydrogen (secondary N) is 1. The molecule has 5 nitrogen and oxygen atoms in total. The zero-order valence-electron chi connectivity index (χ0n) is 24.8. The Bertz CT molecular complexity index is 497. The number of hydrogen-bond acceptors (Lipinski definition) is 4. The van der Waals surface area contributed by atoms with Crippen LogP contribution in [0.1, 0.15) is 174 Å². The number of amides is 1. The molecule has 220 valence electrons.